The molecule has 0 saturated heterocycles. The number of nitrogens with one attached hydrogen (secondary N) is 1. The molecule has 0 bridgehead atoms. The van der Waals surface area contributed by atoms with Gasteiger partial charge in [0.2, 0.25) is 10.0 Å². The molecule has 0 spiro atoms. The van der Waals surface area contributed by atoms with Gasteiger partial charge in [0.1, 0.15) is 0 Å². The summed E-state index contributed by atoms with van der Waals surface area (Å²) in [5.74, 6) is -0.728. The van der Waals surface area contributed by atoms with Crippen LogP contribution in [-0.2, 0) is 10.0 Å². The van der Waals surface area contributed by atoms with Gasteiger partial charge in [0.15, 0.2) is 0 Å². The molecule has 1 saturated carbocycles. The Balaban J connectivity index is 2.41. The molecule has 0 heterocycles. The Labute approximate surface area is 119 Å². The Morgan fingerprint density at radius 2 is 1.95 bits per heavy atom. The molecule has 0 amide bonds. The Morgan fingerprint density at radius 1 is 1.35 bits per heavy atom. The maximum absolute atomic E-state index is 12.4. The van der Waals surface area contributed by atoms with E-state index in [1.54, 1.807) is 13.8 Å². The fourth-order valence-electron chi connectivity index (χ4n) is 2.23. The standard InChI is InChI=1S/C14H19NO4S/c1-8-6-12(14(16)17)7-13(9(8)2)20(18,19)15-10(3)11-4-5-11/h6-7,10-11,15H,4-5H2,1-3H3,(H,16,17). The van der Waals surface area contributed by atoms with Crippen molar-refractivity contribution in [3.63, 3.8) is 0 Å². The predicted octanol–water partition coefficient (Wildman–Crippen LogP) is 2.08. The molecule has 1 unspecified atom stereocenters. The molecule has 2 N–H and O–H groups in total. The zero-order valence-corrected chi connectivity index (χ0v) is 12.6. The number of rotatable bonds is 5. The van der Waals surface area contributed by atoms with Crippen LogP contribution < -0.4 is 4.72 Å². The van der Waals surface area contributed by atoms with E-state index in [0.717, 1.165) is 12.8 Å². The van der Waals surface area contributed by atoms with Crippen LogP contribution in [0.3, 0.4) is 0 Å². The van der Waals surface area contributed by atoms with Crippen molar-refractivity contribution < 1.29 is 18.3 Å². The highest BCUT2D eigenvalue weighted by atomic mass is 32.2. The highest BCUT2D eigenvalue weighted by Crippen LogP contribution is 2.33. The molecule has 1 fully saturated rings. The predicted molar refractivity (Wildman–Crippen MR) is 75.4 cm³/mol. The molecule has 6 heteroatoms. The summed E-state index contributed by atoms with van der Waals surface area (Å²) < 4.78 is 27.5. The van der Waals surface area contributed by atoms with Gasteiger partial charge in [-0.2, -0.15) is 0 Å². The van der Waals surface area contributed by atoms with Crippen molar-refractivity contribution in [2.24, 2.45) is 5.92 Å². The van der Waals surface area contributed by atoms with Crippen LogP contribution in [0.2, 0.25) is 0 Å². The van der Waals surface area contributed by atoms with Crippen molar-refractivity contribution in [1.82, 2.24) is 4.72 Å². The first-order valence-electron chi connectivity index (χ1n) is 6.59. The fraction of sp³-hybridized carbons (Fsp3) is 0.500. The van der Waals surface area contributed by atoms with E-state index in [-0.39, 0.29) is 16.5 Å². The van der Waals surface area contributed by atoms with Gasteiger partial charge in [-0.15, -0.1) is 0 Å². The molecule has 1 aromatic carbocycles. The number of hydrogen-bond donors (Lipinski definition) is 2. The van der Waals surface area contributed by atoms with E-state index in [1.807, 2.05) is 6.92 Å². The van der Waals surface area contributed by atoms with Gasteiger partial charge in [-0.05, 0) is 62.8 Å². The average molecular weight is 297 g/mol. The van der Waals surface area contributed by atoms with E-state index < -0.39 is 16.0 Å². The Kier molecular flexibility index (Phi) is 3.88. The minimum Gasteiger partial charge on any atom is -0.478 e. The van der Waals surface area contributed by atoms with E-state index >= 15 is 0 Å². The second kappa shape index (κ2) is 5.18. The number of hydrogen-bond acceptors (Lipinski definition) is 3. The van der Waals surface area contributed by atoms with Crippen LogP contribution in [0.5, 0.6) is 0 Å². The second-order valence-electron chi connectivity index (χ2n) is 5.47. The van der Waals surface area contributed by atoms with Crippen LogP contribution in [0, 0.1) is 19.8 Å². The Morgan fingerprint density at radius 3 is 2.45 bits per heavy atom. The van der Waals surface area contributed by atoms with E-state index in [9.17, 15) is 13.2 Å². The van der Waals surface area contributed by atoms with Gasteiger partial charge < -0.3 is 5.11 Å². The van der Waals surface area contributed by atoms with E-state index in [1.165, 1.54) is 12.1 Å². The highest BCUT2D eigenvalue weighted by molar-refractivity contribution is 7.89. The van der Waals surface area contributed by atoms with Crippen molar-refractivity contribution in [2.45, 2.75) is 44.6 Å². The Bertz CT molecular complexity index is 647. The normalized spacial score (nSPS) is 16.9. The van der Waals surface area contributed by atoms with Gasteiger partial charge in [-0.1, -0.05) is 0 Å². The second-order valence-corrected chi connectivity index (χ2v) is 7.15. The number of aryl methyl sites for hydroxylation is 1. The van der Waals surface area contributed by atoms with Gasteiger partial charge in [-0.3, -0.25) is 0 Å². The summed E-state index contributed by atoms with van der Waals surface area (Å²) in [6.45, 7) is 5.25. The van der Waals surface area contributed by atoms with E-state index in [4.69, 9.17) is 5.11 Å². The first-order chi connectivity index (χ1) is 9.22. The summed E-state index contributed by atoms with van der Waals surface area (Å²) >= 11 is 0. The third-order valence-corrected chi connectivity index (χ3v) is 5.51. The number of benzene rings is 1. The molecule has 0 radical (unpaired) electrons. The van der Waals surface area contributed by atoms with Crippen molar-refractivity contribution in [3.8, 4) is 0 Å². The van der Waals surface area contributed by atoms with Crippen LogP contribution >= 0.6 is 0 Å². The molecule has 5 nitrogen and oxygen atoms in total. The summed E-state index contributed by atoms with van der Waals surface area (Å²) in [6.07, 6.45) is 2.08. The summed E-state index contributed by atoms with van der Waals surface area (Å²) in [4.78, 5) is 11.1. The first kappa shape index (κ1) is 15.0. The SMILES string of the molecule is Cc1cc(C(=O)O)cc(S(=O)(=O)NC(C)C2CC2)c1C. The number of carboxylic acid groups (broad SMARTS) is 1. The summed E-state index contributed by atoms with van der Waals surface area (Å²) in [5.41, 5.74) is 1.24. The van der Waals surface area contributed by atoms with Gasteiger partial charge in [0, 0.05) is 6.04 Å². The molecule has 110 valence electrons. The van der Waals surface area contributed by atoms with Crippen molar-refractivity contribution >= 4 is 16.0 Å². The van der Waals surface area contributed by atoms with Crippen LogP contribution in [0.4, 0.5) is 0 Å². The first-order valence-corrected chi connectivity index (χ1v) is 8.07. The lowest BCUT2D eigenvalue weighted by Gasteiger charge is -2.16. The molecule has 1 aliphatic carbocycles. The van der Waals surface area contributed by atoms with Crippen molar-refractivity contribution in [3.05, 3.63) is 28.8 Å². The molecule has 0 aromatic heterocycles. The highest BCUT2D eigenvalue weighted by Gasteiger charge is 2.32. The monoisotopic (exact) mass is 297 g/mol. The summed E-state index contributed by atoms with van der Waals surface area (Å²) in [6, 6.07) is 2.60. The average Bonchev–Trinajstić information content (AvgIpc) is 3.15. The number of aromatic carboxylic acids is 1. The summed E-state index contributed by atoms with van der Waals surface area (Å²) in [7, 11) is -3.69. The molecular weight excluding hydrogens is 278 g/mol. The number of carbonyl (C=O) groups is 1. The maximum atomic E-state index is 12.4. The quantitative estimate of drug-likeness (QED) is 0.871. The lowest BCUT2D eigenvalue weighted by atomic mass is 10.1. The zero-order chi connectivity index (χ0) is 15.1. The summed E-state index contributed by atoms with van der Waals surface area (Å²) in [5, 5.41) is 9.06. The van der Waals surface area contributed by atoms with Gasteiger partial charge in [-0.25, -0.2) is 17.9 Å². The van der Waals surface area contributed by atoms with Crippen molar-refractivity contribution in [1.29, 1.82) is 0 Å². The molecule has 1 aliphatic rings. The van der Waals surface area contributed by atoms with Crippen LogP contribution in [0.15, 0.2) is 17.0 Å². The Hall–Kier alpha value is -1.40. The zero-order valence-electron chi connectivity index (χ0n) is 11.8. The third kappa shape index (κ3) is 3.02. The number of carboxylic acids is 1. The lowest BCUT2D eigenvalue weighted by molar-refractivity contribution is 0.0696. The van der Waals surface area contributed by atoms with Crippen molar-refractivity contribution in [2.75, 3.05) is 0 Å². The molecule has 20 heavy (non-hydrogen) atoms. The topological polar surface area (TPSA) is 83.5 Å². The van der Waals surface area contributed by atoms with Gasteiger partial charge in [0.25, 0.3) is 0 Å². The smallest absolute Gasteiger partial charge is 0.335 e. The number of sulfonamides is 1. The van der Waals surface area contributed by atoms with E-state index in [2.05, 4.69) is 4.72 Å². The molecule has 1 aromatic rings. The largest absolute Gasteiger partial charge is 0.478 e. The molecule has 2 rings (SSSR count). The van der Waals surface area contributed by atoms with Crippen LogP contribution in [0.25, 0.3) is 0 Å². The maximum Gasteiger partial charge on any atom is 0.335 e. The van der Waals surface area contributed by atoms with Crippen LogP contribution in [0.1, 0.15) is 41.3 Å². The fourth-order valence-corrected chi connectivity index (χ4v) is 3.89. The van der Waals surface area contributed by atoms with Gasteiger partial charge in [0.05, 0.1) is 10.5 Å². The van der Waals surface area contributed by atoms with Gasteiger partial charge >= 0.3 is 5.97 Å². The molecule has 1 atom stereocenters. The minimum absolute atomic E-state index is 0.00690. The minimum atomic E-state index is -3.69. The molecular formula is C14H19NO4S. The molecule has 0 aliphatic heterocycles. The van der Waals surface area contributed by atoms with Crippen LogP contribution in [-0.4, -0.2) is 25.5 Å². The lowest BCUT2D eigenvalue weighted by Crippen LogP contribution is -2.34. The van der Waals surface area contributed by atoms with E-state index in [0.29, 0.717) is 17.0 Å². The third-order valence-electron chi connectivity index (χ3n) is 3.83.